The molecule has 1 aromatic carbocycles. The highest BCUT2D eigenvalue weighted by molar-refractivity contribution is 9.10. The maximum atomic E-state index is 12.2. The zero-order chi connectivity index (χ0) is 14.8. The maximum absolute atomic E-state index is 12.2. The number of hydrogen-bond donors (Lipinski definition) is 2. The molecule has 0 saturated carbocycles. The molecule has 5 nitrogen and oxygen atoms in total. The first-order valence-electron chi connectivity index (χ1n) is 6.38. The van der Waals surface area contributed by atoms with Crippen LogP contribution in [0.3, 0.4) is 0 Å². The van der Waals surface area contributed by atoms with Crippen molar-refractivity contribution < 1.29 is 18.3 Å². The van der Waals surface area contributed by atoms with Gasteiger partial charge in [-0.05, 0) is 30.7 Å². The molecule has 1 aliphatic heterocycles. The van der Waals surface area contributed by atoms with Crippen LogP contribution in [-0.4, -0.2) is 38.9 Å². The Morgan fingerprint density at radius 2 is 2.05 bits per heavy atom. The lowest BCUT2D eigenvalue weighted by Crippen LogP contribution is -2.46. The molecule has 0 aromatic heterocycles. The van der Waals surface area contributed by atoms with E-state index in [0.29, 0.717) is 26.1 Å². The summed E-state index contributed by atoms with van der Waals surface area (Å²) in [5.74, 6) is 0. The second-order valence-corrected chi connectivity index (χ2v) is 7.69. The Hall–Kier alpha value is -0.470. The molecule has 7 heteroatoms. The second-order valence-electron chi connectivity index (χ2n) is 5.07. The fraction of sp³-hybridized carbons (Fsp3) is 0.538. The molecule has 0 radical (unpaired) electrons. The lowest BCUT2D eigenvalue weighted by Gasteiger charge is -2.31. The van der Waals surface area contributed by atoms with Gasteiger partial charge in [0.1, 0.15) is 0 Å². The van der Waals surface area contributed by atoms with Gasteiger partial charge in [-0.1, -0.05) is 15.9 Å². The predicted molar refractivity (Wildman–Crippen MR) is 79.1 cm³/mol. The van der Waals surface area contributed by atoms with Gasteiger partial charge in [-0.2, -0.15) is 0 Å². The number of aliphatic hydroxyl groups is 1. The summed E-state index contributed by atoms with van der Waals surface area (Å²) < 4.78 is 32.9. The highest BCUT2D eigenvalue weighted by Crippen LogP contribution is 2.22. The third-order valence-electron chi connectivity index (χ3n) is 3.45. The first-order valence-corrected chi connectivity index (χ1v) is 8.66. The number of halogens is 1. The molecule has 112 valence electrons. The number of benzene rings is 1. The minimum Gasteiger partial charge on any atom is -0.388 e. The summed E-state index contributed by atoms with van der Waals surface area (Å²) in [6.45, 7) is 2.74. The van der Waals surface area contributed by atoms with Crippen LogP contribution in [0, 0.1) is 6.92 Å². The number of hydrogen-bond acceptors (Lipinski definition) is 4. The molecule has 20 heavy (non-hydrogen) atoms. The molecule has 0 spiro atoms. The molecule has 0 unspecified atom stereocenters. The van der Waals surface area contributed by atoms with E-state index in [1.807, 2.05) is 6.92 Å². The second kappa shape index (κ2) is 6.11. The SMILES string of the molecule is Cc1cc(S(=O)(=O)NCC2(O)CCOCC2)ccc1Br. The first kappa shape index (κ1) is 15.9. The molecule has 0 amide bonds. The van der Waals surface area contributed by atoms with E-state index in [1.165, 1.54) is 6.07 Å². The third-order valence-corrected chi connectivity index (χ3v) is 5.74. The standard InChI is InChI=1S/C13H18BrNO4S/c1-10-8-11(2-3-12(10)14)20(17,18)15-9-13(16)4-6-19-7-5-13/h2-3,8,15-16H,4-7,9H2,1H3. The smallest absolute Gasteiger partial charge is 0.240 e. The molecule has 2 N–H and O–H groups in total. The molecule has 0 atom stereocenters. The monoisotopic (exact) mass is 363 g/mol. The van der Waals surface area contributed by atoms with E-state index in [2.05, 4.69) is 20.7 Å². The largest absolute Gasteiger partial charge is 0.388 e. The zero-order valence-corrected chi connectivity index (χ0v) is 13.6. The molecule has 1 aromatic rings. The molecule has 1 aliphatic rings. The summed E-state index contributed by atoms with van der Waals surface area (Å²) in [5, 5.41) is 10.3. The normalized spacial score (nSPS) is 18.9. The summed E-state index contributed by atoms with van der Waals surface area (Å²) >= 11 is 3.34. The molecule has 2 rings (SSSR count). The molecule has 1 fully saturated rings. The van der Waals surface area contributed by atoms with Gasteiger partial charge in [-0.25, -0.2) is 13.1 Å². The lowest BCUT2D eigenvalue weighted by atomic mass is 9.95. The Morgan fingerprint density at radius 1 is 1.40 bits per heavy atom. The van der Waals surface area contributed by atoms with Crippen LogP contribution in [0.25, 0.3) is 0 Å². The van der Waals surface area contributed by atoms with Crippen LogP contribution in [0.5, 0.6) is 0 Å². The molecule has 0 bridgehead atoms. The van der Waals surface area contributed by atoms with Gasteiger partial charge in [0.2, 0.25) is 10.0 Å². The Morgan fingerprint density at radius 3 is 2.65 bits per heavy atom. The summed E-state index contributed by atoms with van der Waals surface area (Å²) in [7, 11) is -3.61. The van der Waals surface area contributed by atoms with Crippen LogP contribution in [0.4, 0.5) is 0 Å². The summed E-state index contributed by atoms with van der Waals surface area (Å²) in [4.78, 5) is 0.203. The number of nitrogens with one attached hydrogen (secondary N) is 1. The van der Waals surface area contributed by atoms with Crippen molar-refractivity contribution in [2.45, 2.75) is 30.3 Å². The molecule has 1 heterocycles. The van der Waals surface area contributed by atoms with E-state index >= 15 is 0 Å². The van der Waals surface area contributed by atoms with Crippen LogP contribution in [0.2, 0.25) is 0 Å². The molecular weight excluding hydrogens is 346 g/mol. The Bertz CT molecular complexity index is 582. The summed E-state index contributed by atoms with van der Waals surface area (Å²) in [5.41, 5.74) is -0.173. The van der Waals surface area contributed by atoms with Gasteiger partial charge in [0.15, 0.2) is 0 Å². The van der Waals surface area contributed by atoms with Crippen molar-refractivity contribution in [2.24, 2.45) is 0 Å². The minimum atomic E-state index is -3.61. The molecule has 1 saturated heterocycles. The van der Waals surface area contributed by atoms with Crippen molar-refractivity contribution in [3.63, 3.8) is 0 Å². The van der Waals surface area contributed by atoms with Gasteiger partial charge in [0.05, 0.1) is 10.5 Å². The summed E-state index contributed by atoms with van der Waals surface area (Å²) in [6.07, 6.45) is 0.879. The van der Waals surface area contributed by atoms with Crippen LogP contribution in [-0.2, 0) is 14.8 Å². The van der Waals surface area contributed by atoms with Crippen molar-refractivity contribution in [2.75, 3.05) is 19.8 Å². The lowest BCUT2D eigenvalue weighted by molar-refractivity contribution is -0.0588. The quantitative estimate of drug-likeness (QED) is 0.851. The van der Waals surface area contributed by atoms with Crippen molar-refractivity contribution in [1.82, 2.24) is 4.72 Å². The van der Waals surface area contributed by atoms with Gasteiger partial charge in [-0.15, -0.1) is 0 Å². The van der Waals surface area contributed by atoms with Gasteiger partial charge < -0.3 is 9.84 Å². The predicted octanol–water partition coefficient (Wildman–Crippen LogP) is 1.58. The Balaban J connectivity index is 2.09. The minimum absolute atomic E-state index is 0.00774. The summed E-state index contributed by atoms with van der Waals surface area (Å²) in [6, 6.07) is 4.83. The van der Waals surface area contributed by atoms with E-state index in [0.717, 1.165) is 10.0 Å². The number of aryl methyl sites for hydroxylation is 1. The van der Waals surface area contributed by atoms with Gasteiger partial charge in [-0.3, -0.25) is 0 Å². The maximum Gasteiger partial charge on any atom is 0.240 e. The Labute approximate surface area is 127 Å². The van der Waals surface area contributed by atoms with Crippen molar-refractivity contribution >= 4 is 26.0 Å². The van der Waals surface area contributed by atoms with Gasteiger partial charge >= 0.3 is 0 Å². The zero-order valence-electron chi connectivity index (χ0n) is 11.2. The fourth-order valence-electron chi connectivity index (χ4n) is 2.03. The van der Waals surface area contributed by atoms with Crippen LogP contribution in [0.15, 0.2) is 27.6 Å². The average Bonchev–Trinajstić information content (AvgIpc) is 2.41. The topological polar surface area (TPSA) is 75.6 Å². The van der Waals surface area contributed by atoms with Crippen molar-refractivity contribution in [3.8, 4) is 0 Å². The van der Waals surface area contributed by atoms with E-state index in [-0.39, 0.29) is 11.4 Å². The van der Waals surface area contributed by atoms with E-state index in [4.69, 9.17) is 4.74 Å². The fourth-order valence-corrected chi connectivity index (χ4v) is 3.48. The highest BCUT2D eigenvalue weighted by Gasteiger charge is 2.31. The van der Waals surface area contributed by atoms with Crippen molar-refractivity contribution in [3.05, 3.63) is 28.2 Å². The molecule has 0 aliphatic carbocycles. The number of sulfonamides is 1. The van der Waals surface area contributed by atoms with Crippen LogP contribution in [0.1, 0.15) is 18.4 Å². The first-order chi connectivity index (χ1) is 9.32. The number of ether oxygens (including phenoxy) is 1. The van der Waals surface area contributed by atoms with E-state index in [1.54, 1.807) is 12.1 Å². The van der Waals surface area contributed by atoms with E-state index < -0.39 is 15.6 Å². The van der Waals surface area contributed by atoms with Gasteiger partial charge in [0.25, 0.3) is 0 Å². The van der Waals surface area contributed by atoms with Gasteiger partial charge in [0, 0.05) is 37.1 Å². The van der Waals surface area contributed by atoms with Crippen molar-refractivity contribution in [1.29, 1.82) is 0 Å². The Kier molecular flexibility index (Phi) is 4.86. The van der Waals surface area contributed by atoms with E-state index in [9.17, 15) is 13.5 Å². The van der Waals surface area contributed by atoms with Crippen LogP contribution >= 0.6 is 15.9 Å². The molecular formula is C13H18BrNO4S. The average molecular weight is 364 g/mol. The third kappa shape index (κ3) is 3.79. The number of rotatable bonds is 4. The highest BCUT2D eigenvalue weighted by atomic mass is 79.9. The van der Waals surface area contributed by atoms with Crippen LogP contribution < -0.4 is 4.72 Å².